The number of ether oxygens (including phenoxy) is 2. The zero-order valence-corrected chi connectivity index (χ0v) is 14.2. The van der Waals surface area contributed by atoms with Crippen molar-refractivity contribution in [1.82, 2.24) is 0 Å². The normalized spacial score (nSPS) is 10.4. The van der Waals surface area contributed by atoms with Gasteiger partial charge in [0.15, 0.2) is 0 Å². The molecule has 0 amide bonds. The van der Waals surface area contributed by atoms with Crippen molar-refractivity contribution in [2.75, 3.05) is 6.79 Å². The van der Waals surface area contributed by atoms with Crippen LogP contribution in [-0.2, 0) is 6.42 Å². The maximum absolute atomic E-state index is 5.64. The molecule has 0 fully saturated rings. The van der Waals surface area contributed by atoms with Gasteiger partial charge < -0.3 is 9.47 Å². The Labute approximate surface area is 143 Å². The van der Waals surface area contributed by atoms with Crippen LogP contribution >= 0.6 is 0 Å². The molecular formula is C22H22O2. The highest BCUT2D eigenvalue weighted by Crippen LogP contribution is 2.17. The lowest BCUT2D eigenvalue weighted by Gasteiger charge is -2.09. The molecule has 0 atom stereocenters. The van der Waals surface area contributed by atoms with Crippen LogP contribution in [0.15, 0.2) is 72.8 Å². The average Bonchev–Trinajstić information content (AvgIpc) is 2.60. The summed E-state index contributed by atoms with van der Waals surface area (Å²) >= 11 is 0. The minimum absolute atomic E-state index is 0.209. The summed E-state index contributed by atoms with van der Waals surface area (Å²) in [5.74, 6) is 1.63. The fourth-order valence-corrected chi connectivity index (χ4v) is 2.45. The standard InChI is InChI=1S/C22H22O2/c1-17-3-7-19(8-4-17)15-20-9-13-22(14-10-20)24-16-23-21-11-5-18(2)6-12-21/h3-14H,15-16H2,1-2H3. The van der Waals surface area contributed by atoms with Gasteiger partial charge >= 0.3 is 0 Å². The predicted octanol–water partition coefficient (Wildman–Crippen LogP) is 5.31. The first kappa shape index (κ1) is 16.1. The Morgan fingerprint density at radius 3 is 1.42 bits per heavy atom. The average molecular weight is 318 g/mol. The second-order valence-corrected chi connectivity index (χ2v) is 6.03. The van der Waals surface area contributed by atoms with E-state index >= 15 is 0 Å². The summed E-state index contributed by atoms with van der Waals surface area (Å²) in [7, 11) is 0. The molecule has 24 heavy (non-hydrogen) atoms. The predicted molar refractivity (Wildman–Crippen MR) is 97.7 cm³/mol. The van der Waals surface area contributed by atoms with Crippen LogP contribution < -0.4 is 9.47 Å². The number of aryl methyl sites for hydroxylation is 2. The maximum atomic E-state index is 5.64. The number of benzene rings is 3. The zero-order chi connectivity index (χ0) is 16.8. The van der Waals surface area contributed by atoms with E-state index in [0.29, 0.717) is 0 Å². The van der Waals surface area contributed by atoms with E-state index in [9.17, 15) is 0 Å². The summed E-state index contributed by atoms with van der Waals surface area (Å²) in [6.07, 6.45) is 0.931. The molecule has 0 heterocycles. The molecule has 0 aliphatic rings. The van der Waals surface area contributed by atoms with Crippen molar-refractivity contribution in [3.05, 3.63) is 95.1 Å². The van der Waals surface area contributed by atoms with Crippen LogP contribution in [0.3, 0.4) is 0 Å². The lowest BCUT2D eigenvalue weighted by atomic mass is 10.0. The Hall–Kier alpha value is -2.74. The van der Waals surface area contributed by atoms with E-state index in [2.05, 4.69) is 50.2 Å². The van der Waals surface area contributed by atoms with E-state index in [1.807, 2.05) is 36.4 Å². The summed E-state index contributed by atoms with van der Waals surface area (Å²) in [6, 6.07) is 24.8. The fraction of sp³-hybridized carbons (Fsp3) is 0.182. The van der Waals surface area contributed by atoms with Gasteiger partial charge in [0.1, 0.15) is 11.5 Å². The minimum atomic E-state index is 0.209. The first-order chi connectivity index (χ1) is 11.7. The van der Waals surface area contributed by atoms with Crippen LogP contribution in [0.1, 0.15) is 22.3 Å². The molecule has 0 aromatic heterocycles. The molecular weight excluding hydrogens is 296 g/mol. The molecule has 3 aromatic carbocycles. The lowest BCUT2D eigenvalue weighted by Crippen LogP contribution is -2.05. The molecule has 0 aliphatic carbocycles. The second-order valence-electron chi connectivity index (χ2n) is 6.03. The Balaban J connectivity index is 1.50. The van der Waals surface area contributed by atoms with Gasteiger partial charge in [-0.15, -0.1) is 0 Å². The molecule has 3 aromatic rings. The fourth-order valence-electron chi connectivity index (χ4n) is 2.45. The summed E-state index contributed by atoms with van der Waals surface area (Å²) < 4.78 is 11.2. The van der Waals surface area contributed by atoms with Crippen molar-refractivity contribution in [2.45, 2.75) is 20.3 Å². The smallest absolute Gasteiger partial charge is 0.230 e. The highest BCUT2D eigenvalue weighted by molar-refractivity contribution is 5.32. The van der Waals surface area contributed by atoms with Crippen molar-refractivity contribution >= 4 is 0 Å². The topological polar surface area (TPSA) is 18.5 Å². The monoisotopic (exact) mass is 318 g/mol. The van der Waals surface area contributed by atoms with Gasteiger partial charge in [0.25, 0.3) is 0 Å². The quantitative estimate of drug-likeness (QED) is 0.573. The second kappa shape index (κ2) is 7.69. The third-order valence-electron chi connectivity index (χ3n) is 3.92. The van der Waals surface area contributed by atoms with Crippen molar-refractivity contribution in [3.8, 4) is 11.5 Å². The molecule has 0 saturated carbocycles. The molecule has 0 aliphatic heterocycles. The van der Waals surface area contributed by atoms with Gasteiger partial charge in [0.2, 0.25) is 6.79 Å². The molecule has 2 nitrogen and oxygen atoms in total. The molecule has 0 spiro atoms. The molecule has 0 bridgehead atoms. The molecule has 0 N–H and O–H groups in total. The van der Waals surface area contributed by atoms with E-state index in [1.54, 1.807) is 0 Å². The van der Waals surface area contributed by atoms with Crippen molar-refractivity contribution < 1.29 is 9.47 Å². The summed E-state index contributed by atoms with van der Waals surface area (Å²) in [5, 5.41) is 0. The Morgan fingerprint density at radius 1 is 0.542 bits per heavy atom. The molecule has 122 valence electrons. The number of hydrogen-bond acceptors (Lipinski definition) is 2. The molecule has 3 rings (SSSR count). The van der Waals surface area contributed by atoms with Crippen LogP contribution in [0, 0.1) is 13.8 Å². The van der Waals surface area contributed by atoms with Crippen LogP contribution in [-0.4, -0.2) is 6.79 Å². The largest absolute Gasteiger partial charge is 0.458 e. The third-order valence-corrected chi connectivity index (χ3v) is 3.92. The highest BCUT2D eigenvalue weighted by Gasteiger charge is 1.99. The zero-order valence-electron chi connectivity index (χ0n) is 14.2. The maximum Gasteiger partial charge on any atom is 0.230 e. The van der Waals surface area contributed by atoms with Gasteiger partial charge in [-0.05, 0) is 55.7 Å². The first-order valence-corrected chi connectivity index (χ1v) is 8.16. The van der Waals surface area contributed by atoms with Crippen molar-refractivity contribution in [3.63, 3.8) is 0 Å². The minimum Gasteiger partial charge on any atom is -0.458 e. The summed E-state index contributed by atoms with van der Waals surface area (Å²) in [4.78, 5) is 0. The van der Waals surface area contributed by atoms with E-state index in [0.717, 1.165) is 17.9 Å². The first-order valence-electron chi connectivity index (χ1n) is 8.16. The third kappa shape index (κ3) is 4.63. The van der Waals surface area contributed by atoms with Crippen molar-refractivity contribution in [1.29, 1.82) is 0 Å². The molecule has 0 saturated heterocycles. The lowest BCUT2D eigenvalue weighted by molar-refractivity contribution is 0.120. The molecule has 2 heteroatoms. The Morgan fingerprint density at radius 2 is 0.917 bits per heavy atom. The van der Waals surface area contributed by atoms with Gasteiger partial charge in [0, 0.05) is 0 Å². The number of hydrogen-bond donors (Lipinski definition) is 0. The SMILES string of the molecule is Cc1ccc(Cc2ccc(OCOc3ccc(C)cc3)cc2)cc1. The van der Waals surface area contributed by atoms with E-state index < -0.39 is 0 Å². The van der Waals surface area contributed by atoms with Crippen LogP contribution in [0.4, 0.5) is 0 Å². The molecule has 0 radical (unpaired) electrons. The number of rotatable bonds is 6. The van der Waals surface area contributed by atoms with Crippen LogP contribution in [0.5, 0.6) is 11.5 Å². The summed E-state index contributed by atoms with van der Waals surface area (Å²) in [6.45, 7) is 4.37. The van der Waals surface area contributed by atoms with Crippen molar-refractivity contribution in [2.24, 2.45) is 0 Å². The Bertz CT molecular complexity index is 757. The van der Waals surface area contributed by atoms with Crippen LogP contribution in [0.2, 0.25) is 0 Å². The van der Waals surface area contributed by atoms with Gasteiger partial charge in [-0.2, -0.15) is 0 Å². The summed E-state index contributed by atoms with van der Waals surface area (Å²) in [5.41, 5.74) is 5.09. The molecule has 0 unspecified atom stereocenters. The van der Waals surface area contributed by atoms with E-state index in [1.165, 1.54) is 22.3 Å². The van der Waals surface area contributed by atoms with E-state index in [-0.39, 0.29) is 6.79 Å². The van der Waals surface area contributed by atoms with E-state index in [4.69, 9.17) is 9.47 Å². The van der Waals surface area contributed by atoms with Gasteiger partial charge in [-0.25, -0.2) is 0 Å². The van der Waals surface area contributed by atoms with Gasteiger partial charge in [0.05, 0.1) is 0 Å². The highest BCUT2D eigenvalue weighted by atomic mass is 16.7. The van der Waals surface area contributed by atoms with Gasteiger partial charge in [-0.3, -0.25) is 0 Å². The van der Waals surface area contributed by atoms with Crippen LogP contribution in [0.25, 0.3) is 0 Å². The van der Waals surface area contributed by atoms with Gasteiger partial charge in [-0.1, -0.05) is 59.7 Å². The Kier molecular flexibility index (Phi) is 5.17.